The summed E-state index contributed by atoms with van der Waals surface area (Å²) in [4.78, 5) is 85.8. The minimum atomic E-state index is -6.19. The topological polar surface area (TPSA) is 528 Å². The minimum Gasteiger partial charge on any atom is -0.387 e. The van der Waals surface area contributed by atoms with E-state index in [0.717, 1.165) is 24.3 Å². The molecule has 38 nitrogen and oxygen atoms in total. The van der Waals surface area contributed by atoms with Crippen LogP contribution in [0, 0.1) is 0 Å². The Morgan fingerprint density at radius 2 is 1.28 bits per heavy atom. The summed E-state index contributed by atoms with van der Waals surface area (Å²) in [7, 11) is -19.2. The number of aromatic nitrogens is 12. The van der Waals surface area contributed by atoms with Crippen molar-refractivity contribution in [2.24, 2.45) is 7.05 Å². The first kappa shape index (κ1) is 54.8. The monoisotopic (exact) mass is 1140 g/mol. The number of H-pyrrole nitrogens is 1. The predicted octanol–water partition coefficient (Wildman–Crippen LogP) is -3.54. The van der Waals surface area contributed by atoms with Crippen molar-refractivity contribution in [2.75, 3.05) is 50.8 Å². The fraction of sp³-hybridized carbons (Fsp3) is 0.545. The van der Waals surface area contributed by atoms with Crippen molar-refractivity contribution in [3.8, 4) is 0 Å². The number of anilines is 3. The van der Waals surface area contributed by atoms with Gasteiger partial charge >= 0.3 is 36.9 Å². The van der Waals surface area contributed by atoms with Crippen LogP contribution in [-0.4, -0.2) is 182 Å². The van der Waals surface area contributed by atoms with Crippen molar-refractivity contribution in [1.82, 2.24) is 53.6 Å². The molecule has 0 radical (unpaired) electrons. The smallest absolute Gasteiger partial charge is 0.387 e. The number of aliphatic hydroxyl groups is 4. The molecule has 0 saturated carbocycles. The van der Waals surface area contributed by atoms with Crippen molar-refractivity contribution >= 4 is 82.4 Å². The van der Waals surface area contributed by atoms with Crippen LogP contribution in [0.4, 0.5) is 17.6 Å². The van der Waals surface area contributed by atoms with Gasteiger partial charge in [0.25, 0.3) is 11.5 Å². The van der Waals surface area contributed by atoms with E-state index in [1.807, 2.05) is 0 Å². The van der Waals surface area contributed by atoms with Crippen molar-refractivity contribution in [2.45, 2.75) is 73.6 Å². The van der Waals surface area contributed by atoms with Gasteiger partial charge in [0.05, 0.1) is 39.5 Å². The molecule has 6 aromatic rings. The summed E-state index contributed by atoms with van der Waals surface area (Å²) in [5.74, 6) is -0.0363. The largest absolute Gasteiger partial charge is 0.490 e. The van der Waals surface area contributed by atoms with Crippen LogP contribution >= 0.6 is 31.3 Å². The van der Waals surface area contributed by atoms with E-state index >= 15 is 0 Å². The molecule has 3 aliphatic rings. The summed E-state index contributed by atoms with van der Waals surface area (Å²) in [6, 6.07) is 0. The van der Waals surface area contributed by atoms with Crippen molar-refractivity contribution in [1.29, 1.82) is 0 Å². The first-order valence-corrected chi connectivity index (χ1v) is 27.4. The van der Waals surface area contributed by atoms with Crippen LogP contribution < -0.4 is 26.9 Å². The number of nitrogens with one attached hydrogen (secondary N) is 2. The highest BCUT2D eigenvalue weighted by Crippen LogP contribution is 2.68. The molecular formula is C33H46N15O23P4+. The molecule has 0 aliphatic carbocycles. The molecule has 3 aliphatic heterocycles. The van der Waals surface area contributed by atoms with Crippen molar-refractivity contribution in [3.63, 3.8) is 0 Å². The highest BCUT2D eigenvalue weighted by molar-refractivity contribution is 7.66. The number of rotatable bonds is 20. The molecule has 75 heavy (non-hydrogen) atoms. The average molecular weight is 1140 g/mol. The van der Waals surface area contributed by atoms with Gasteiger partial charge in [-0.1, -0.05) is 4.98 Å². The first-order valence-electron chi connectivity index (χ1n) is 21.4. The van der Waals surface area contributed by atoms with Gasteiger partial charge in [0.2, 0.25) is 11.7 Å². The Bertz CT molecular complexity index is 3370. The molecule has 410 valence electrons. The van der Waals surface area contributed by atoms with Gasteiger partial charge in [-0.2, -0.15) is 8.62 Å². The molecule has 0 spiro atoms. The average Bonchev–Trinajstić information content (AvgIpc) is 4.19. The molecule has 9 rings (SSSR count). The van der Waals surface area contributed by atoms with E-state index in [0.29, 0.717) is 0 Å². The summed E-state index contributed by atoms with van der Waals surface area (Å²) in [6.45, 7) is -3.29. The highest BCUT2D eigenvalue weighted by Gasteiger charge is 2.54. The van der Waals surface area contributed by atoms with Gasteiger partial charge in [-0.05, 0) is 0 Å². The molecule has 0 amide bonds. The summed E-state index contributed by atoms with van der Waals surface area (Å²) >= 11 is 0. The Morgan fingerprint density at radius 1 is 0.720 bits per heavy atom. The van der Waals surface area contributed by atoms with Crippen LogP contribution in [-0.2, 0) is 71.0 Å². The quantitative estimate of drug-likeness (QED) is 0.0260. The van der Waals surface area contributed by atoms with Gasteiger partial charge in [0, 0.05) is 14.2 Å². The standard InChI is InChI=1S/C33H45N15O23P4/c1-36-25-16-27(40-8-38-25)47(10-42-16)32-23(62-3)22(69-72(54,55)63-4-12-18(49)20(51)30(66-12)46-9-41-15-24(34)37-7-39-26(15)46)14(68-32)6-65-74(58,59)71-75(60,61)70-73(56,57)64-5-13-19(50)21(52)31(67-13)48-11-45(2)17-28(48)43-33(35)44-29(17)53/h7-14,18-23,30-32,49-52H,4-6H2,1-3H3,(H9-,34,35,36,37,38,39,40,43,44,53,54,55,56,57,58,59,60,61)/p+1/t12-,13-,14-,18+,19+,20?,21?,22+,23?,30-,31-,32-/m1/s1. The molecule has 9 heterocycles. The lowest BCUT2D eigenvalue weighted by Crippen LogP contribution is -2.46. The first-order chi connectivity index (χ1) is 35.3. The van der Waals surface area contributed by atoms with E-state index in [2.05, 4.69) is 53.8 Å². The number of phosphoric ester groups is 3. The SMILES string of the molecule is CNc1ncnc2c1ncn2[C@@H]1O[C@H](COP(=O)(O)OP(=O)(O)OP(=O)(O)OC[C@H]2O[C@@H]([n+]3cn(C)c4c(=O)[nH]c(N)nc43)C(O)[C@H]2O)[C@H](OP(=O)(O)OC[C@H]2O[C@@H](n3cnc4c(N)ncnc43)C(O)[C@H]2O)C1OC. The summed E-state index contributed by atoms with van der Waals surface area (Å²) < 4.78 is 110. The zero-order valence-electron chi connectivity index (χ0n) is 38.5. The van der Waals surface area contributed by atoms with Crippen LogP contribution in [0.5, 0.6) is 0 Å². The van der Waals surface area contributed by atoms with Gasteiger partial charge in [-0.25, -0.2) is 52.7 Å². The van der Waals surface area contributed by atoms with Crippen LogP contribution in [0.25, 0.3) is 33.5 Å². The molecule has 3 saturated heterocycles. The molecule has 0 aromatic carbocycles. The van der Waals surface area contributed by atoms with Gasteiger partial charge in [-0.15, -0.1) is 0 Å². The highest BCUT2D eigenvalue weighted by atomic mass is 31.3. The molecule has 16 atom stereocenters. The third-order valence-corrected chi connectivity index (χ3v) is 16.9. The fourth-order valence-electron chi connectivity index (χ4n) is 8.38. The predicted molar refractivity (Wildman–Crippen MR) is 241 cm³/mol. The number of hydrogen-bond donors (Lipinski definition) is 12. The van der Waals surface area contributed by atoms with Gasteiger partial charge < -0.3 is 75.7 Å². The van der Waals surface area contributed by atoms with E-state index in [-0.39, 0.29) is 51.1 Å². The lowest BCUT2D eigenvalue weighted by molar-refractivity contribution is -0.745. The maximum absolute atomic E-state index is 13.7. The summed E-state index contributed by atoms with van der Waals surface area (Å²) in [6.07, 6.45) is -13.7. The Morgan fingerprint density at radius 3 is 1.93 bits per heavy atom. The second-order valence-electron chi connectivity index (χ2n) is 16.5. The number of methoxy groups -OCH3 is 1. The Kier molecular flexibility index (Phi) is 15.2. The molecule has 3 fully saturated rings. The number of nitrogens with zero attached hydrogens (tertiary/aromatic N) is 11. The third-order valence-electron chi connectivity index (χ3n) is 11.7. The Hall–Kier alpha value is -4.95. The number of hydrogen-bond acceptors (Lipinski definition) is 29. The van der Waals surface area contributed by atoms with Crippen molar-refractivity contribution in [3.05, 3.63) is 42.0 Å². The van der Waals surface area contributed by atoms with Gasteiger partial charge in [0.1, 0.15) is 78.6 Å². The minimum absolute atomic E-state index is 0.00671. The Labute approximate surface area is 417 Å². The second kappa shape index (κ2) is 20.8. The van der Waals surface area contributed by atoms with Gasteiger partial charge in [0.15, 0.2) is 41.7 Å². The lowest BCUT2D eigenvalue weighted by Gasteiger charge is -2.26. The number of nitrogens with two attached hydrogens (primary N) is 2. The summed E-state index contributed by atoms with van der Waals surface area (Å²) in [5, 5.41) is 46.1. The third kappa shape index (κ3) is 11.0. The molecule has 6 aromatic heterocycles. The number of aromatic amines is 1. The fourth-order valence-corrected chi connectivity index (χ4v) is 12.9. The molecule has 42 heteroatoms. The van der Waals surface area contributed by atoms with Crippen LogP contribution in [0.15, 0.2) is 36.4 Å². The van der Waals surface area contributed by atoms with E-state index in [1.54, 1.807) is 7.05 Å². The zero-order chi connectivity index (χ0) is 54.1. The normalized spacial score (nSPS) is 30.4. The summed E-state index contributed by atoms with van der Waals surface area (Å²) in [5.41, 5.74) is 11.3. The Balaban J connectivity index is 0.865. The maximum Gasteiger partial charge on any atom is 0.490 e. The van der Waals surface area contributed by atoms with Crippen LogP contribution in [0.3, 0.4) is 0 Å². The number of phosphoric acid groups is 4. The second-order valence-corrected chi connectivity index (χ2v) is 22.5. The number of ether oxygens (including phenoxy) is 4. The van der Waals surface area contributed by atoms with Crippen LogP contribution in [0.2, 0.25) is 0 Å². The molecular weight excluding hydrogens is 1100 g/mol. The molecule has 7 unspecified atom stereocenters. The lowest BCUT2D eigenvalue weighted by atomic mass is 10.1. The maximum atomic E-state index is 13.7. The van der Waals surface area contributed by atoms with Crippen LogP contribution in [0.1, 0.15) is 18.7 Å². The number of aryl methyl sites for hydroxylation is 1. The number of fused-ring (bicyclic) bond motifs is 3. The van der Waals surface area contributed by atoms with E-state index in [4.69, 9.17) is 48.5 Å². The van der Waals surface area contributed by atoms with Gasteiger partial charge in [-0.3, -0.25) is 41.6 Å². The van der Waals surface area contributed by atoms with E-state index in [9.17, 15) is 63.1 Å². The molecule has 14 N–H and O–H groups in total. The number of aliphatic hydroxyl groups excluding tert-OH is 4. The van der Waals surface area contributed by atoms with E-state index in [1.165, 1.54) is 39.7 Å². The molecule has 0 bridgehead atoms. The number of imidazole rings is 3. The van der Waals surface area contributed by atoms with Crippen molar-refractivity contribution < 1.29 is 108 Å². The van der Waals surface area contributed by atoms with E-state index < -0.39 is 130 Å². The zero-order valence-corrected chi connectivity index (χ0v) is 42.1. The number of nitrogen functional groups attached to an aromatic ring is 2.